The smallest absolute Gasteiger partial charge is 0.129 e. The van der Waals surface area contributed by atoms with Crippen molar-refractivity contribution < 1.29 is 0 Å². The van der Waals surface area contributed by atoms with Crippen LogP contribution in [-0.2, 0) is 18.4 Å². The van der Waals surface area contributed by atoms with Gasteiger partial charge in [-0.25, -0.2) is 4.98 Å². The Morgan fingerprint density at radius 3 is 2.26 bits per heavy atom. The number of nitrogens with zero attached hydrogens (tertiary/aromatic N) is 1. The molecule has 0 aliphatic heterocycles. The lowest BCUT2D eigenvalue weighted by Gasteiger charge is -2.19. The van der Waals surface area contributed by atoms with E-state index in [9.17, 15) is 0 Å². The zero-order valence-electron chi connectivity index (χ0n) is 14.6. The van der Waals surface area contributed by atoms with Gasteiger partial charge in [-0.2, -0.15) is 0 Å². The number of benzene rings is 1. The van der Waals surface area contributed by atoms with Crippen molar-refractivity contribution >= 4 is 11.6 Å². The van der Waals surface area contributed by atoms with E-state index in [1.807, 2.05) is 18.3 Å². The van der Waals surface area contributed by atoms with E-state index in [-0.39, 0.29) is 5.41 Å². The monoisotopic (exact) mass is 330 g/mol. The molecule has 0 radical (unpaired) electrons. The van der Waals surface area contributed by atoms with Gasteiger partial charge in [-0.1, -0.05) is 69.6 Å². The van der Waals surface area contributed by atoms with Gasteiger partial charge in [0.25, 0.3) is 0 Å². The van der Waals surface area contributed by atoms with E-state index in [1.54, 1.807) is 0 Å². The zero-order valence-corrected chi connectivity index (χ0v) is 15.3. The molecule has 0 fully saturated rings. The molecule has 3 heteroatoms. The van der Waals surface area contributed by atoms with E-state index in [0.717, 1.165) is 25.1 Å². The molecule has 2 nitrogen and oxygen atoms in total. The lowest BCUT2D eigenvalue weighted by Crippen LogP contribution is -2.22. The van der Waals surface area contributed by atoms with Crippen LogP contribution in [0.3, 0.4) is 0 Å². The number of hydrogen-bond acceptors (Lipinski definition) is 2. The summed E-state index contributed by atoms with van der Waals surface area (Å²) in [6, 6.07) is 12.9. The van der Waals surface area contributed by atoms with Gasteiger partial charge in [-0.15, -0.1) is 0 Å². The molecule has 0 amide bonds. The first-order chi connectivity index (χ1) is 10.8. The summed E-state index contributed by atoms with van der Waals surface area (Å²) in [5.74, 6) is 0.593. The van der Waals surface area contributed by atoms with Gasteiger partial charge in [0.2, 0.25) is 0 Å². The van der Waals surface area contributed by atoms with Crippen molar-refractivity contribution in [2.24, 2.45) is 5.92 Å². The molecule has 1 unspecified atom stereocenters. The predicted octanol–water partition coefficient (Wildman–Crippen LogP) is 5.00. The number of aromatic nitrogens is 1. The molecular formula is C20H27ClN2. The van der Waals surface area contributed by atoms with Crippen LogP contribution in [0, 0.1) is 5.92 Å². The second kappa shape index (κ2) is 7.94. The van der Waals surface area contributed by atoms with Gasteiger partial charge in [-0.05, 0) is 47.1 Å². The Morgan fingerprint density at radius 2 is 1.70 bits per heavy atom. The largest absolute Gasteiger partial charge is 0.312 e. The van der Waals surface area contributed by atoms with E-state index in [2.05, 4.69) is 62.3 Å². The average molecular weight is 331 g/mol. The molecule has 1 aromatic heterocycles. The molecule has 2 rings (SSSR count). The van der Waals surface area contributed by atoms with Gasteiger partial charge >= 0.3 is 0 Å². The highest BCUT2D eigenvalue weighted by Crippen LogP contribution is 2.22. The van der Waals surface area contributed by atoms with E-state index in [0.29, 0.717) is 11.1 Å². The summed E-state index contributed by atoms with van der Waals surface area (Å²) in [6.45, 7) is 10.9. The molecule has 0 bridgehead atoms. The number of halogens is 1. The summed E-state index contributed by atoms with van der Waals surface area (Å²) in [5, 5.41) is 4.04. The van der Waals surface area contributed by atoms with E-state index in [4.69, 9.17) is 11.6 Å². The van der Waals surface area contributed by atoms with Crippen LogP contribution in [0.5, 0.6) is 0 Å². The Morgan fingerprint density at radius 1 is 1.04 bits per heavy atom. The van der Waals surface area contributed by atoms with Crippen LogP contribution in [0.4, 0.5) is 0 Å². The summed E-state index contributed by atoms with van der Waals surface area (Å²) in [7, 11) is 0. The second-order valence-corrected chi connectivity index (χ2v) is 7.76. The molecule has 1 N–H and O–H groups in total. The molecule has 23 heavy (non-hydrogen) atoms. The lowest BCUT2D eigenvalue weighted by molar-refractivity contribution is 0.510. The van der Waals surface area contributed by atoms with Crippen LogP contribution in [0.1, 0.15) is 44.4 Å². The number of nitrogens with one attached hydrogen (secondary N) is 1. The Kier molecular flexibility index (Phi) is 6.20. The minimum absolute atomic E-state index is 0.221. The lowest BCUT2D eigenvalue weighted by atomic mass is 9.86. The molecule has 1 heterocycles. The Labute approximate surface area is 145 Å². The molecule has 124 valence electrons. The molecule has 0 saturated carbocycles. The quantitative estimate of drug-likeness (QED) is 0.754. The highest BCUT2D eigenvalue weighted by molar-refractivity contribution is 6.29. The third kappa shape index (κ3) is 5.96. The average Bonchev–Trinajstić information content (AvgIpc) is 2.49. The van der Waals surface area contributed by atoms with Crippen LogP contribution < -0.4 is 5.32 Å². The molecule has 1 aromatic carbocycles. The fourth-order valence-electron chi connectivity index (χ4n) is 2.59. The second-order valence-electron chi connectivity index (χ2n) is 7.38. The van der Waals surface area contributed by atoms with Gasteiger partial charge < -0.3 is 5.32 Å². The van der Waals surface area contributed by atoms with Crippen molar-refractivity contribution in [2.75, 3.05) is 6.54 Å². The highest BCUT2D eigenvalue weighted by Gasteiger charge is 2.13. The van der Waals surface area contributed by atoms with Crippen molar-refractivity contribution in [1.29, 1.82) is 0 Å². The molecule has 1 atom stereocenters. The minimum atomic E-state index is 0.221. The summed E-state index contributed by atoms with van der Waals surface area (Å²) in [5.41, 5.74) is 4.18. The van der Waals surface area contributed by atoms with E-state index in [1.165, 1.54) is 11.1 Å². The van der Waals surface area contributed by atoms with Crippen molar-refractivity contribution in [3.05, 3.63) is 64.4 Å². The summed E-state index contributed by atoms with van der Waals surface area (Å²) in [6.07, 6.45) is 2.92. The molecular weight excluding hydrogens is 304 g/mol. The maximum Gasteiger partial charge on any atom is 0.129 e. The number of rotatable bonds is 6. The zero-order chi connectivity index (χ0) is 16.9. The highest BCUT2D eigenvalue weighted by atomic mass is 35.5. The van der Waals surface area contributed by atoms with Crippen molar-refractivity contribution in [3.8, 4) is 0 Å². The molecule has 0 aliphatic rings. The summed E-state index contributed by atoms with van der Waals surface area (Å²) in [4.78, 5) is 4.10. The van der Waals surface area contributed by atoms with Gasteiger partial charge in [0.1, 0.15) is 5.15 Å². The standard InChI is InChI=1S/C20H27ClN2/c1-15(12-22-13-17-7-10-19(21)23-14-17)11-16-5-8-18(9-6-16)20(2,3)4/h5-10,14-15,22H,11-13H2,1-4H3. The van der Waals surface area contributed by atoms with Gasteiger partial charge in [0.15, 0.2) is 0 Å². The maximum atomic E-state index is 5.79. The van der Waals surface area contributed by atoms with Crippen molar-refractivity contribution in [1.82, 2.24) is 10.3 Å². The molecule has 0 aliphatic carbocycles. The maximum absolute atomic E-state index is 5.79. The van der Waals surface area contributed by atoms with Gasteiger partial charge in [0.05, 0.1) is 0 Å². The van der Waals surface area contributed by atoms with Crippen LogP contribution in [-0.4, -0.2) is 11.5 Å². The van der Waals surface area contributed by atoms with Gasteiger partial charge in [-0.3, -0.25) is 0 Å². The summed E-state index contributed by atoms with van der Waals surface area (Å²) < 4.78 is 0. The topological polar surface area (TPSA) is 24.9 Å². The Hall–Kier alpha value is -1.38. The van der Waals surface area contributed by atoms with Crippen LogP contribution >= 0.6 is 11.6 Å². The normalized spacial score (nSPS) is 13.1. The van der Waals surface area contributed by atoms with Crippen LogP contribution in [0.2, 0.25) is 5.15 Å². The fourth-order valence-corrected chi connectivity index (χ4v) is 2.70. The minimum Gasteiger partial charge on any atom is -0.312 e. The number of hydrogen-bond donors (Lipinski definition) is 1. The van der Waals surface area contributed by atoms with E-state index < -0.39 is 0 Å². The Balaban J connectivity index is 1.78. The molecule has 0 spiro atoms. The van der Waals surface area contributed by atoms with E-state index >= 15 is 0 Å². The van der Waals surface area contributed by atoms with Crippen LogP contribution in [0.15, 0.2) is 42.6 Å². The SMILES string of the molecule is CC(CNCc1ccc(Cl)nc1)Cc1ccc(C(C)(C)C)cc1. The summed E-state index contributed by atoms with van der Waals surface area (Å²) >= 11 is 5.79. The first kappa shape index (κ1) is 18.0. The van der Waals surface area contributed by atoms with Crippen molar-refractivity contribution in [3.63, 3.8) is 0 Å². The van der Waals surface area contributed by atoms with Crippen LogP contribution in [0.25, 0.3) is 0 Å². The van der Waals surface area contributed by atoms with Gasteiger partial charge in [0, 0.05) is 12.7 Å². The van der Waals surface area contributed by atoms with Crippen molar-refractivity contribution in [2.45, 2.75) is 46.1 Å². The Bertz CT molecular complexity index is 597. The molecule has 0 saturated heterocycles. The first-order valence-corrected chi connectivity index (χ1v) is 8.63. The molecule has 2 aromatic rings. The third-order valence-electron chi connectivity index (χ3n) is 4.01. The predicted molar refractivity (Wildman–Crippen MR) is 99.0 cm³/mol. The first-order valence-electron chi connectivity index (χ1n) is 8.25. The number of pyridine rings is 1. The fraction of sp³-hybridized carbons (Fsp3) is 0.450. The third-order valence-corrected chi connectivity index (χ3v) is 4.24.